The molecule has 82 valence electrons. The van der Waals surface area contributed by atoms with Crippen LogP contribution in [-0.4, -0.2) is 29.8 Å². The zero-order valence-corrected chi connectivity index (χ0v) is 9.48. The number of hydrogen-bond donors (Lipinski definition) is 1. The Morgan fingerprint density at radius 3 is 2.80 bits per heavy atom. The van der Waals surface area contributed by atoms with Crippen LogP contribution in [0.1, 0.15) is 12.8 Å². The van der Waals surface area contributed by atoms with Gasteiger partial charge in [-0.2, -0.15) is 0 Å². The monoisotopic (exact) mass is 226 g/mol. The van der Waals surface area contributed by atoms with Gasteiger partial charge in [-0.1, -0.05) is 11.6 Å². The lowest BCUT2D eigenvalue weighted by Crippen LogP contribution is -2.37. The van der Waals surface area contributed by atoms with E-state index in [9.17, 15) is 5.11 Å². The highest BCUT2D eigenvalue weighted by Gasteiger charge is 2.28. The van der Waals surface area contributed by atoms with Gasteiger partial charge in [0.15, 0.2) is 0 Å². The lowest BCUT2D eigenvalue weighted by Gasteiger charge is -2.34. The molecule has 0 atom stereocenters. The van der Waals surface area contributed by atoms with Crippen molar-refractivity contribution in [3.8, 4) is 0 Å². The summed E-state index contributed by atoms with van der Waals surface area (Å²) in [6.07, 6.45) is 3.40. The number of pyridine rings is 1. The summed E-state index contributed by atoms with van der Waals surface area (Å²) < 4.78 is 0. The van der Waals surface area contributed by atoms with E-state index >= 15 is 0 Å². The molecular formula is C11H15ClN2O. The Hall–Kier alpha value is -0.800. The van der Waals surface area contributed by atoms with Gasteiger partial charge in [-0.3, -0.25) is 0 Å². The van der Waals surface area contributed by atoms with E-state index in [4.69, 9.17) is 11.6 Å². The second-order valence-electron chi connectivity index (χ2n) is 4.21. The Morgan fingerprint density at radius 1 is 1.53 bits per heavy atom. The molecule has 2 rings (SSSR count). The molecule has 0 saturated heterocycles. The van der Waals surface area contributed by atoms with E-state index in [-0.39, 0.29) is 6.10 Å². The summed E-state index contributed by atoms with van der Waals surface area (Å²) >= 11 is 5.77. The zero-order chi connectivity index (χ0) is 10.8. The van der Waals surface area contributed by atoms with Gasteiger partial charge in [0.2, 0.25) is 0 Å². The molecule has 1 aromatic rings. The van der Waals surface area contributed by atoms with Crippen LogP contribution in [0.2, 0.25) is 5.02 Å². The minimum Gasteiger partial charge on any atom is -0.393 e. The number of aliphatic hydroxyl groups excluding tert-OH is 1. The van der Waals surface area contributed by atoms with Gasteiger partial charge in [-0.25, -0.2) is 4.98 Å². The predicted molar refractivity (Wildman–Crippen MR) is 61.2 cm³/mol. The van der Waals surface area contributed by atoms with Crippen LogP contribution in [0.3, 0.4) is 0 Å². The smallest absolute Gasteiger partial charge is 0.128 e. The molecular weight excluding hydrogens is 212 g/mol. The first kappa shape index (κ1) is 10.7. The van der Waals surface area contributed by atoms with E-state index in [0.29, 0.717) is 10.9 Å². The quantitative estimate of drug-likeness (QED) is 0.856. The molecule has 0 amide bonds. The molecule has 1 N–H and O–H groups in total. The molecule has 0 aromatic carbocycles. The van der Waals surface area contributed by atoms with Crippen molar-refractivity contribution >= 4 is 17.4 Å². The van der Waals surface area contributed by atoms with Crippen molar-refractivity contribution in [2.75, 3.05) is 18.5 Å². The van der Waals surface area contributed by atoms with E-state index < -0.39 is 0 Å². The van der Waals surface area contributed by atoms with E-state index in [1.807, 2.05) is 19.2 Å². The van der Waals surface area contributed by atoms with Crippen LogP contribution in [0.5, 0.6) is 0 Å². The van der Waals surface area contributed by atoms with Crippen LogP contribution >= 0.6 is 11.6 Å². The molecule has 1 aliphatic rings. The van der Waals surface area contributed by atoms with Crippen molar-refractivity contribution in [1.29, 1.82) is 0 Å². The van der Waals surface area contributed by atoms with Gasteiger partial charge in [-0.05, 0) is 30.9 Å². The highest BCUT2D eigenvalue weighted by molar-refractivity contribution is 6.30. The van der Waals surface area contributed by atoms with Gasteiger partial charge in [0.1, 0.15) is 5.82 Å². The lowest BCUT2D eigenvalue weighted by atomic mass is 9.82. The minimum atomic E-state index is -0.0819. The Bertz CT molecular complexity index is 322. The molecule has 15 heavy (non-hydrogen) atoms. The van der Waals surface area contributed by atoms with Crippen LogP contribution in [0.25, 0.3) is 0 Å². The third-order valence-electron chi connectivity index (χ3n) is 2.85. The van der Waals surface area contributed by atoms with Crippen LogP contribution in [0.15, 0.2) is 18.3 Å². The summed E-state index contributed by atoms with van der Waals surface area (Å²) in [4.78, 5) is 6.34. The van der Waals surface area contributed by atoms with Crippen molar-refractivity contribution in [3.05, 3.63) is 23.4 Å². The van der Waals surface area contributed by atoms with E-state index in [0.717, 1.165) is 25.2 Å². The maximum absolute atomic E-state index is 9.19. The average Bonchev–Trinajstić information content (AvgIpc) is 2.16. The molecule has 1 fully saturated rings. The highest BCUT2D eigenvalue weighted by Crippen LogP contribution is 2.28. The van der Waals surface area contributed by atoms with E-state index in [1.54, 1.807) is 6.20 Å². The first-order valence-corrected chi connectivity index (χ1v) is 5.53. The molecule has 0 unspecified atom stereocenters. The Morgan fingerprint density at radius 2 is 2.27 bits per heavy atom. The molecule has 1 saturated carbocycles. The van der Waals surface area contributed by atoms with Gasteiger partial charge in [0.25, 0.3) is 0 Å². The standard InChI is InChI=1S/C11H15ClN2O/c1-14(7-8-4-10(15)5-8)11-3-2-9(12)6-13-11/h2-3,6,8,10,15H,4-5,7H2,1H3. The average molecular weight is 227 g/mol. The third kappa shape index (κ3) is 2.61. The van der Waals surface area contributed by atoms with Crippen molar-refractivity contribution in [3.63, 3.8) is 0 Å². The Kier molecular flexibility index (Phi) is 3.12. The van der Waals surface area contributed by atoms with Gasteiger partial charge in [-0.15, -0.1) is 0 Å². The fourth-order valence-corrected chi connectivity index (χ4v) is 2.04. The maximum atomic E-state index is 9.19. The second-order valence-corrected chi connectivity index (χ2v) is 4.64. The van der Waals surface area contributed by atoms with Gasteiger partial charge in [0.05, 0.1) is 11.1 Å². The van der Waals surface area contributed by atoms with E-state index in [2.05, 4.69) is 9.88 Å². The number of nitrogens with zero attached hydrogens (tertiary/aromatic N) is 2. The predicted octanol–water partition coefficient (Wildman–Crippen LogP) is 1.94. The lowest BCUT2D eigenvalue weighted by molar-refractivity contribution is 0.0464. The zero-order valence-electron chi connectivity index (χ0n) is 8.73. The van der Waals surface area contributed by atoms with Crippen LogP contribution in [0, 0.1) is 5.92 Å². The summed E-state index contributed by atoms with van der Waals surface area (Å²) in [6, 6.07) is 3.76. The Balaban J connectivity index is 1.90. The fourth-order valence-electron chi connectivity index (χ4n) is 1.92. The highest BCUT2D eigenvalue weighted by atomic mass is 35.5. The summed E-state index contributed by atoms with van der Waals surface area (Å²) in [6.45, 7) is 0.950. The summed E-state index contributed by atoms with van der Waals surface area (Å²) in [5, 5.41) is 9.85. The van der Waals surface area contributed by atoms with Gasteiger partial charge in [0, 0.05) is 19.8 Å². The maximum Gasteiger partial charge on any atom is 0.128 e. The SMILES string of the molecule is CN(CC1CC(O)C1)c1ccc(Cl)cn1. The second kappa shape index (κ2) is 4.37. The number of aliphatic hydroxyl groups is 1. The minimum absolute atomic E-state index is 0.0819. The molecule has 1 heterocycles. The number of rotatable bonds is 3. The van der Waals surface area contributed by atoms with Gasteiger partial charge < -0.3 is 10.0 Å². The van der Waals surface area contributed by atoms with Crippen molar-refractivity contribution in [1.82, 2.24) is 4.98 Å². The summed E-state index contributed by atoms with van der Waals surface area (Å²) in [5.41, 5.74) is 0. The van der Waals surface area contributed by atoms with Crippen LogP contribution in [-0.2, 0) is 0 Å². The normalized spacial score (nSPS) is 24.7. The molecule has 3 nitrogen and oxygen atoms in total. The number of anilines is 1. The first-order valence-electron chi connectivity index (χ1n) is 5.16. The molecule has 0 radical (unpaired) electrons. The topological polar surface area (TPSA) is 36.4 Å². The third-order valence-corrected chi connectivity index (χ3v) is 3.07. The molecule has 1 aromatic heterocycles. The first-order chi connectivity index (χ1) is 7.15. The molecule has 1 aliphatic carbocycles. The number of aromatic nitrogens is 1. The van der Waals surface area contributed by atoms with Crippen molar-refractivity contribution < 1.29 is 5.11 Å². The number of halogens is 1. The van der Waals surface area contributed by atoms with Crippen LogP contribution in [0.4, 0.5) is 5.82 Å². The largest absolute Gasteiger partial charge is 0.393 e. The summed E-state index contributed by atoms with van der Waals surface area (Å²) in [7, 11) is 2.01. The van der Waals surface area contributed by atoms with E-state index in [1.165, 1.54) is 0 Å². The van der Waals surface area contributed by atoms with Crippen molar-refractivity contribution in [2.24, 2.45) is 5.92 Å². The molecule has 4 heteroatoms. The summed E-state index contributed by atoms with van der Waals surface area (Å²) in [5.74, 6) is 1.53. The van der Waals surface area contributed by atoms with Gasteiger partial charge >= 0.3 is 0 Å². The number of hydrogen-bond acceptors (Lipinski definition) is 3. The fraction of sp³-hybridized carbons (Fsp3) is 0.545. The molecule has 0 spiro atoms. The molecule has 0 bridgehead atoms. The Labute approximate surface area is 94.7 Å². The molecule has 0 aliphatic heterocycles. The van der Waals surface area contributed by atoms with Crippen LogP contribution < -0.4 is 4.90 Å². The van der Waals surface area contributed by atoms with Crippen molar-refractivity contribution in [2.45, 2.75) is 18.9 Å².